The topological polar surface area (TPSA) is 76.4 Å². The molecule has 1 aromatic carbocycles. The zero-order valence-corrected chi connectivity index (χ0v) is 14.0. The minimum absolute atomic E-state index is 0.127. The van der Waals surface area contributed by atoms with E-state index >= 15 is 0 Å². The number of ether oxygens (including phenoxy) is 1. The molecular formula is C17H23N3O3. The van der Waals surface area contributed by atoms with Crippen molar-refractivity contribution in [3.05, 3.63) is 46.8 Å². The van der Waals surface area contributed by atoms with Gasteiger partial charge >= 0.3 is 0 Å². The van der Waals surface area contributed by atoms with E-state index in [1.165, 1.54) is 7.11 Å². The van der Waals surface area contributed by atoms with Gasteiger partial charge in [-0.1, -0.05) is 6.07 Å². The van der Waals surface area contributed by atoms with Crippen molar-refractivity contribution < 1.29 is 14.6 Å². The van der Waals surface area contributed by atoms with Crippen LogP contribution >= 0.6 is 0 Å². The molecule has 0 bridgehead atoms. The van der Waals surface area contributed by atoms with Gasteiger partial charge in [-0.2, -0.15) is 5.10 Å². The van der Waals surface area contributed by atoms with E-state index in [9.17, 15) is 9.90 Å². The zero-order valence-electron chi connectivity index (χ0n) is 14.0. The third-order valence-electron chi connectivity index (χ3n) is 3.43. The van der Waals surface area contributed by atoms with Gasteiger partial charge in [-0.25, -0.2) is 4.68 Å². The highest BCUT2D eigenvalue weighted by molar-refractivity contribution is 5.92. The van der Waals surface area contributed by atoms with Gasteiger partial charge in [0.1, 0.15) is 0 Å². The monoisotopic (exact) mass is 317 g/mol. The van der Waals surface area contributed by atoms with Crippen LogP contribution in [0.2, 0.25) is 0 Å². The van der Waals surface area contributed by atoms with Gasteiger partial charge in [-0.15, -0.1) is 0 Å². The average molecular weight is 317 g/mol. The van der Waals surface area contributed by atoms with Crippen LogP contribution in [0.15, 0.2) is 24.3 Å². The minimum Gasteiger partial charge on any atom is -0.389 e. The summed E-state index contributed by atoms with van der Waals surface area (Å²) in [5, 5.41) is 16.6. The number of carbonyl (C=O) groups is 1. The van der Waals surface area contributed by atoms with Gasteiger partial charge < -0.3 is 15.2 Å². The molecule has 0 saturated heterocycles. The zero-order chi connectivity index (χ0) is 17.0. The van der Waals surface area contributed by atoms with Crippen molar-refractivity contribution in [2.75, 3.05) is 20.3 Å². The predicted octanol–water partition coefficient (Wildman–Crippen LogP) is 1.53. The summed E-state index contributed by atoms with van der Waals surface area (Å²) in [6, 6.07) is 7.87. The van der Waals surface area contributed by atoms with Crippen LogP contribution in [0.5, 0.6) is 0 Å². The Labute approximate surface area is 136 Å². The van der Waals surface area contributed by atoms with Crippen molar-refractivity contribution in [3.63, 3.8) is 0 Å². The Morgan fingerprint density at radius 3 is 2.52 bits per heavy atom. The molecule has 1 heterocycles. The van der Waals surface area contributed by atoms with E-state index in [0.717, 1.165) is 22.5 Å². The molecule has 0 saturated carbocycles. The van der Waals surface area contributed by atoms with E-state index in [1.807, 2.05) is 32.9 Å². The second-order valence-electron chi connectivity index (χ2n) is 5.75. The third-order valence-corrected chi connectivity index (χ3v) is 3.43. The summed E-state index contributed by atoms with van der Waals surface area (Å²) in [4.78, 5) is 12.1. The van der Waals surface area contributed by atoms with E-state index in [1.54, 1.807) is 10.7 Å². The maximum Gasteiger partial charge on any atom is 0.271 e. The third kappa shape index (κ3) is 4.40. The van der Waals surface area contributed by atoms with Crippen molar-refractivity contribution in [2.45, 2.75) is 26.9 Å². The van der Waals surface area contributed by atoms with E-state index < -0.39 is 6.10 Å². The number of aliphatic hydroxyl groups excluding tert-OH is 1. The standard InChI is InChI=1S/C17H23N3O3/c1-11-5-12(2)7-14(6-11)20-13(3)8-16(19-20)17(22)18-9-15(21)10-23-4/h5-8,15,21H,9-10H2,1-4H3,(H,18,22)/t15-/m0/s1. The smallest absolute Gasteiger partial charge is 0.271 e. The quantitative estimate of drug-likeness (QED) is 0.847. The summed E-state index contributed by atoms with van der Waals surface area (Å²) in [6.07, 6.45) is -0.730. The number of rotatable bonds is 6. The van der Waals surface area contributed by atoms with Crippen LogP contribution in [0.4, 0.5) is 0 Å². The largest absolute Gasteiger partial charge is 0.389 e. The number of hydrogen-bond acceptors (Lipinski definition) is 4. The molecular weight excluding hydrogens is 294 g/mol. The Morgan fingerprint density at radius 2 is 1.91 bits per heavy atom. The Kier molecular flexibility index (Phi) is 5.52. The Morgan fingerprint density at radius 1 is 1.26 bits per heavy atom. The number of hydrogen-bond donors (Lipinski definition) is 2. The number of aliphatic hydroxyl groups is 1. The van der Waals surface area contributed by atoms with E-state index in [4.69, 9.17) is 4.74 Å². The number of benzene rings is 1. The van der Waals surface area contributed by atoms with Crippen LogP contribution in [0.1, 0.15) is 27.3 Å². The molecule has 0 aliphatic carbocycles. The number of nitrogens with one attached hydrogen (secondary N) is 1. The number of amides is 1. The maximum absolute atomic E-state index is 12.1. The minimum atomic E-state index is -0.730. The summed E-state index contributed by atoms with van der Waals surface area (Å²) in [7, 11) is 1.50. The van der Waals surface area contributed by atoms with Crippen LogP contribution in [-0.2, 0) is 4.74 Å². The normalized spacial score (nSPS) is 12.2. The highest BCUT2D eigenvalue weighted by atomic mass is 16.5. The Balaban J connectivity index is 2.16. The molecule has 2 N–H and O–H groups in total. The molecule has 6 heteroatoms. The van der Waals surface area contributed by atoms with Crippen LogP contribution < -0.4 is 5.32 Å². The molecule has 0 aliphatic rings. The molecule has 0 aliphatic heterocycles. The molecule has 0 spiro atoms. The molecule has 124 valence electrons. The van der Waals surface area contributed by atoms with E-state index in [-0.39, 0.29) is 19.1 Å². The number of methoxy groups -OCH3 is 1. The Bertz CT molecular complexity index is 674. The van der Waals surface area contributed by atoms with Crippen molar-refractivity contribution in [1.82, 2.24) is 15.1 Å². The Hall–Kier alpha value is -2.18. The lowest BCUT2D eigenvalue weighted by Crippen LogP contribution is -2.34. The highest BCUT2D eigenvalue weighted by Crippen LogP contribution is 2.16. The molecule has 0 unspecified atom stereocenters. The van der Waals surface area contributed by atoms with Gasteiger partial charge in [-0.3, -0.25) is 4.79 Å². The molecule has 23 heavy (non-hydrogen) atoms. The second kappa shape index (κ2) is 7.39. The fraction of sp³-hybridized carbons (Fsp3) is 0.412. The summed E-state index contributed by atoms with van der Waals surface area (Å²) in [5.74, 6) is -0.314. The van der Waals surface area contributed by atoms with Gasteiger partial charge in [0.25, 0.3) is 5.91 Å². The molecule has 2 aromatic rings. The number of aromatic nitrogens is 2. The molecule has 1 atom stereocenters. The van der Waals surface area contributed by atoms with Crippen LogP contribution in [-0.4, -0.2) is 47.2 Å². The SMILES string of the molecule is COC[C@@H](O)CNC(=O)c1cc(C)n(-c2cc(C)cc(C)c2)n1. The van der Waals surface area contributed by atoms with Crippen molar-refractivity contribution in [2.24, 2.45) is 0 Å². The molecule has 6 nitrogen and oxygen atoms in total. The van der Waals surface area contributed by atoms with Gasteiger partial charge in [0.15, 0.2) is 5.69 Å². The van der Waals surface area contributed by atoms with Gasteiger partial charge in [0, 0.05) is 19.3 Å². The predicted molar refractivity (Wildman–Crippen MR) is 88.0 cm³/mol. The number of nitrogens with zero attached hydrogens (tertiary/aromatic N) is 2. The van der Waals surface area contributed by atoms with Gasteiger partial charge in [0.2, 0.25) is 0 Å². The lowest BCUT2D eigenvalue weighted by Gasteiger charge is -2.09. The molecule has 0 fully saturated rings. The summed E-state index contributed by atoms with van der Waals surface area (Å²) >= 11 is 0. The fourth-order valence-corrected chi connectivity index (χ4v) is 2.47. The first-order valence-corrected chi connectivity index (χ1v) is 7.51. The molecule has 2 rings (SSSR count). The van der Waals surface area contributed by atoms with Gasteiger partial charge in [-0.05, 0) is 50.1 Å². The van der Waals surface area contributed by atoms with E-state index in [0.29, 0.717) is 5.69 Å². The highest BCUT2D eigenvalue weighted by Gasteiger charge is 2.14. The van der Waals surface area contributed by atoms with Crippen LogP contribution in [0.25, 0.3) is 5.69 Å². The molecule has 1 amide bonds. The number of carbonyl (C=O) groups excluding carboxylic acids is 1. The summed E-state index contributed by atoms with van der Waals surface area (Å²) in [5.41, 5.74) is 4.41. The fourth-order valence-electron chi connectivity index (χ4n) is 2.47. The van der Waals surface area contributed by atoms with Crippen molar-refractivity contribution in [3.8, 4) is 5.69 Å². The maximum atomic E-state index is 12.1. The molecule has 0 radical (unpaired) electrons. The van der Waals surface area contributed by atoms with Crippen molar-refractivity contribution >= 4 is 5.91 Å². The van der Waals surface area contributed by atoms with Crippen molar-refractivity contribution in [1.29, 1.82) is 0 Å². The first kappa shape index (κ1) is 17.2. The average Bonchev–Trinajstić information content (AvgIpc) is 2.86. The van der Waals surface area contributed by atoms with Crippen LogP contribution in [0, 0.1) is 20.8 Å². The number of aryl methyl sites for hydroxylation is 3. The lowest BCUT2D eigenvalue weighted by atomic mass is 10.1. The summed E-state index contributed by atoms with van der Waals surface area (Å²) in [6.45, 7) is 6.26. The lowest BCUT2D eigenvalue weighted by molar-refractivity contribution is 0.0608. The summed E-state index contributed by atoms with van der Waals surface area (Å²) < 4.78 is 6.57. The molecule has 1 aromatic heterocycles. The van der Waals surface area contributed by atoms with Crippen LogP contribution in [0.3, 0.4) is 0 Å². The first-order valence-electron chi connectivity index (χ1n) is 7.51. The van der Waals surface area contributed by atoms with Gasteiger partial charge in [0.05, 0.1) is 18.4 Å². The second-order valence-corrected chi connectivity index (χ2v) is 5.75. The first-order chi connectivity index (χ1) is 10.9. The van der Waals surface area contributed by atoms with E-state index in [2.05, 4.69) is 16.5 Å².